The molecule has 2 nitrogen and oxygen atoms in total. The quantitative estimate of drug-likeness (QED) is 0.833. The van der Waals surface area contributed by atoms with Crippen molar-refractivity contribution in [2.24, 2.45) is 5.92 Å². The van der Waals surface area contributed by atoms with E-state index in [2.05, 4.69) is 33.2 Å². The number of hydrogen-bond acceptors (Lipinski definition) is 2. The van der Waals surface area contributed by atoms with Crippen molar-refractivity contribution >= 4 is 15.9 Å². The van der Waals surface area contributed by atoms with Crippen LogP contribution in [0, 0.1) is 11.7 Å². The normalized spacial score (nSPS) is 17.8. The van der Waals surface area contributed by atoms with Crippen LogP contribution >= 0.6 is 15.9 Å². The molecule has 1 N–H and O–H groups in total. The van der Waals surface area contributed by atoms with Gasteiger partial charge in [0.2, 0.25) is 0 Å². The van der Waals surface area contributed by atoms with E-state index in [1.165, 1.54) is 32.4 Å². The highest BCUT2D eigenvalue weighted by atomic mass is 79.9. The van der Waals surface area contributed by atoms with Gasteiger partial charge in [0, 0.05) is 6.54 Å². The number of nitrogens with zero attached hydrogens (tertiary/aromatic N) is 1. The lowest BCUT2D eigenvalue weighted by Gasteiger charge is -2.28. The second-order valence-corrected chi connectivity index (χ2v) is 6.31. The van der Waals surface area contributed by atoms with Gasteiger partial charge in [-0.2, -0.15) is 0 Å². The molecule has 0 aliphatic carbocycles. The van der Waals surface area contributed by atoms with Gasteiger partial charge in [0.05, 0.1) is 4.47 Å². The molecular weight excluding hydrogens is 307 g/mol. The van der Waals surface area contributed by atoms with E-state index >= 15 is 0 Å². The number of rotatable bonds is 5. The number of nitrogens with one attached hydrogen (secondary N) is 1. The Morgan fingerprint density at radius 2 is 2.11 bits per heavy atom. The molecule has 0 aromatic heterocycles. The van der Waals surface area contributed by atoms with Crippen molar-refractivity contribution in [1.29, 1.82) is 0 Å². The summed E-state index contributed by atoms with van der Waals surface area (Å²) in [6.45, 7) is 4.22. The molecule has 106 valence electrons. The molecule has 1 aromatic carbocycles. The first-order valence-corrected chi connectivity index (χ1v) is 7.77. The van der Waals surface area contributed by atoms with Crippen LogP contribution in [0.2, 0.25) is 0 Å². The van der Waals surface area contributed by atoms with Gasteiger partial charge in [-0.1, -0.05) is 6.07 Å². The minimum Gasteiger partial charge on any atom is -0.313 e. The predicted molar refractivity (Wildman–Crippen MR) is 80.6 cm³/mol. The first kappa shape index (κ1) is 14.9. The lowest BCUT2D eigenvalue weighted by molar-refractivity contribution is 0.211. The molecule has 0 unspecified atom stereocenters. The highest BCUT2D eigenvalue weighted by molar-refractivity contribution is 9.10. The van der Waals surface area contributed by atoms with Crippen molar-refractivity contribution < 1.29 is 4.39 Å². The Balaban J connectivity index is 1.65. The van der Waals surface area contributed by atoms with Crippen molar-refractivity contribution in [2.75, 3.05) is 26.7 Å². The first-order valence-electron chi connectivity index (χ1n) is 6.98. The molecule has 0 saturated carbocycles. The third-order valence-electron chi connectivity index (χ3n) is 3.88. The van der Waals surface area contributed by atoms with Gasteiger partial charge < -0.3 is 10.2 Å². The third-order valence-corrected chi connectivity index (χ3v) is 4.52. The predicted octanol–water partition coefficient (Wildman–Crippen LogP) is 3.41. The van der Waals surface area contributed by atoms with Crippen molar-refractivity contribution in [2.45, 2.75) is 25.8 Å². The average Bonchev–Trinajstić information content (AvgIpc) is 2.41. The van der Waals surface area contributed by atoms with Crippen molar-refractivity contribution in [3.8, 4) is 0 Å². The standard InChI is InChI=1S/C15H22BrFN2/c1-19-8-5-12(6-9-19)4-7-18-11-13-2-3-14(16)15(17)10-13/h2-3,10,12,18H,4-9,11H2,1H3. The molecule has 0 amide bonds. The molecule has 0 bridgehead atoms. The largest absolute Gasteiger partial charge is 0.313 e. The fourth-order valence-electron chi connectivity index (χ4n) is 2.54. The molecule has 0 radical (unpaired) electrons. The number of hydrogen-bond donors (Lipinski definition) is 1. The van der Waals surface area contributed by atoms with E-state index in [9.17, 15) is 4.39 Å². The summed E-state index contributed by atoms with van der Waals surface area (Å²) in [5.74, 6) is 0.667. The zero-order valence-corrected chi connectivity index (χ0v) is 13.0. The Morgan fingerprint density at radius 3 is 2.79 bits per heavy atom. The summed E-state index contributed by atoms with van der Waals surface area (Å²) >= 11 is 3.17. The molecule has 1 heterocycles. The third kappa shape index (κ3) is 4.86. The monoisotopic (exact) mass is 328 g/mol. The summed E-state index contributed by atoms with van der Waals surface area (Å²) in [6.07, 6.45) is 3.85. The SMILES string of the molecule is CN1CCC(CCNCc2ccc(Br)c(F)c2)CC1. The van der Waals surface area contributed by atoms with Gasteiger partial charge in [0.1, 0.15) is 5.82 Å². The van der Waals surface area contributed by atoms with Gasteiger partial charge in [-0.25, -0.2) is 4.39 Å². The molecule has 2 rings (SSSR count). The van der Waals surface area contributed by atoms with E-state index in [1.54, 1.807) is 12.1 Å². The van der Waals surface area contributed by atoms with Gasteiger partial charge in [0.15, 0.2) is 0 Å². The topological polar surface area (TPSA) is 15.3 Å². The maximum absolute atomic E-state index is 13.3. The minimum atomic E-state index is -0.186. The Bertz CT molecular complexity index is 403. The summed E-state index contributed by atoms with van der Waals surface area (Å²) in [5.41, 5.74) is 1.00. The molecule has 0 atom stereocenters. The zero-order valence-electron chi connectivity index (χ0n) is 11.5. The second kappa shape index (κ2) is 7.36. The molecule has 1 aromatic rings. The van der Waals surface area contributed by atoms with Crippen LogP contribution in [0.1, 0.15) is 24.8 Å². The van der Waals surface area contributed by atoms with Gasteiger partial charge >= 0.3 is 0 Å². The lowest BCUT2D eigenvalue weighted by Crippen LogP contribution is -2.31. The lowest BCUT2D eigenvalue weighted by atomic mass is 9.94. The van der Waals surface area contributed by atoms with Crippen molar-refractivity contribution in [3.05, 3.63) is 34.1 Å². The summed E-state index contributed by atoms with van der Waals surface area (Å²) in [5, 5.41) is 3.41. The highest BCUT2D eigenvalue weighted by Gasteiger charge is 2.15. The van der Waals surface area contributed by atoms with Crippen LogP contribution in [0.3, 0.4) is 0 Å². The van der Waals surface area contributed by atoms with E-state index in [0.717, 1.165) is 24.6 Å². The summed E-state index contributed by atoms with van der Waals surface area (Å²) in [4.78, 5) is 2.40. The Morgan fingerprint density at radius 1 is 1.37 bits per heavy atom. The van der Waals surface area contributed by atoms with Gasteiger partial charge in [-0.3, -0.25) is 0 Å². The van der Waals surface area contributed by atoms with Crippen LogP contribution in [-0.2, 0) is 6.54 Å². The molecule has 1 fully saturated rings. The van der Waals surface area contributed by atoms with Crippen LogP contribution in [-0.4, -0.2) is 31.6 Å². The van der Waals surface area contributed by atoms with Gasteiger partial charge in [-0.05, 0) is 85.5 Å². The number of halogens is 2. The maximum atomic E-state index is 13.3. The summed E-state index contributed by atoms with van der Waals surface area (Å²) in [6, 6.07) is 5.31. The van der Waals surface area contributed by atoms with Crippen LogP contribution in [0.25, 0.3) is 0 Å². The van der Waals surface area contributed by atoms with Gasteiger partial charge in [-0.15, -0.1) is 0 Å². The van der Waals surface area contributed by atoms with Crippen LogP contribution in [0.4, 0.5) is 4.39 Å². The Labute approximate surface area is 123 Å². The molecule has 1 saturated heterocycles. The Hall–Kier alpha value is -0.450. The summed E-state index contributed by atoms with van der Waals surface area (Å²) in [7, 11) is 2.19. The number of benzene rings is 1. The number of likely N-dealkylation sites (tertiary alicyclic amines) is 1. The maximum Gasteiger partial charge on any atom is 0.137 e. The second-order valence-electron chi connectivity index (χ2n) is 5.46. The zero-order chi connectivity index (χ0) is 13.7. The average molecular weight is 329 g/mol. The van der Waals surface area contributed by atoms with Crippen molar-refractivity contribution in [1.82, 2.24) is 10.2 Å². The van der Waals surface area contributed by atoms with E-state index in [-0.39, 0.29) is 5.82 Å². The number of piperidine rings is 1. The van der Waals surface area contributed by atoms with Crippen LogP contribution < -0.4 is 5.32 Å². The van der Waals surface area contributed by atoms with Crippen LogP contribution in [0.15, 0.2) is 22.7 Å². The molecule has 0 spiro atoms. The fraction of sp³-hybridized carbons (Fsp3) is 0.600. The van der Waals surface area contributed by atoms with E-state index in [4.69, 9.17) is 0 Å². The van der Waals surface area contributed by atoms with E-state index in [0.29, 0.717) is 4.47 Å². The van der Waals surface area contributed by atoms with E-state index < -0.39 is 0 Å². The molecule has 19 heavy (non-hydrogen) atoms. The Kier molecular flexibility index (Phi) is 5.79. The smallest absolute Gasteiger partial charge is 0.137 e. The fourth-order valence-corrected chi connectivity index (χ4v) is 2.79. The molecular formula is C15H22BrFN2. The van der Waals surface area contributed by atoms with Crippen molar-refractivity contribution in [3.63, 3.8) is 0 Å². The van der Waals surface area contributed by atoms with Gasteiger partial charge in [0.25, 0.3) is 0 Å². The highest BCUT2D eigenvalue weighted by Crippen LogP contribution is 2.19. The van der Waals surface area contributed by atoms with Crippen LogP contribution in [0.5, 0.6) is 0 Å². The minimum absolute atomic E-state index is 0.186. The molecule has 1 aliphatic rings. The first-order chi connectivity index (χ1) is 9.15. The molecule has 4 heteroatoms. The molecule has 1 aliphatic heterocycles. The van der Waals surface area contributed by atoms with E-state index in [1.807, 2.05) is 6.07 Å². The summed E-state index contributed by atoms with van der Waals surface area (Å²) < 4.78 is 13.9.